The summed E-state index contributed by atoms with van der Waals surface area (Å²) in [7, 11) is 0. The Kier molecular flexibility index (Phi) is 2.70. The molecule has 0 unspecified atom stereocenters. The van der Waals surface area contributed by atoms with Gasteiger partial charge in [0, 0.05) is 33.3 Å². The van der Waals surface area contributed by atoms with Crippen LogP contribution in [0, 0.1) is 0 Å². The number of fused-ring (bicyclic) bond motifs is 1. The van der Waals surface area contributed by atoms with Gasteiger partial charge in [0.05, 0.1) is 0 Å². The first-order valence-electron chi connectivity index (χ1n) is 4.31. The zero-order valence-electron chi connectivity index (χ0n) is 7.59. The smallest absolute Gasteiger partial charge is 0.129 e. The average Bonchev–Trinajstić information content (AvgIpc) is 2.19. The van der Waals surface area contributed by atoms with Crippen LogP contribution in [0.25, 0.3) is 10.8 Å². The molecule has 0 saturated heterocycles. The van der Waals surface area contributed by atoms with Crippen molar-refractivity contribution in [3.8, 4) is 0 Å². The molecule has 0 aliphatic heterocycles. The first kappa shape index (κ1) is 9.87. The highest BCUT2D eigenvalue weighted by molar-refractivity contribution is 9.10. The molecule has 2 nitrogen and oxygen atoms in total. The zero-order chi connectivity index (χ0) is 10.1. The summed E-state index contributed by atoms with van der Waals surface area (Å²) in [5, 5.41) is 2.63. The maximum Gasteiger partial charge on any atom is 0.129 e. The van der Waals surface area contributed by atoms with Crippen molar-refractivity contribution >= 4 is 38.3 Å². The third-order valence-corrected chi connectivity index (χ3v) is 2.95. The largest absolute Gasteiger partial charge is 0.259 e. The number of aromatic nitrogens is 2. The molecular formula is C10H8BrClN2. The first-order chi connectivity index (χ1) is 6.72. The third-order valence-electron chi connectivity index (χ3n) is 2.11. The van der Waals surface area contributed by atoms with Crippen LogP contribution in [0.1, 0.15) is 12.6 Å². The summed E-state index contributed by atoms with van der Waals surface area (Å²) in [6, 6.07) is 1.85. The van der Waals surface area contributed by atoms with Crippen molar-refractivity contribution in [2.24, 2.45) is 0 Å². The van der Waals surface area contributed by atoms with Crippen LogP contribution in [-0.2, 0) is 6.42 Å². The maximum atomic E-state index is 5.83. The van der Waals surface area contributed by atoms with E-state index in [0.717, 1.165) is 27.4 Å². The Labute approximate surface area is 95.5 Å². The fourth-order valence-electron chi connectivity index (χ4n) is 1.41. The molecule has 0 radical (unpaired) electrons. The molecule has 2 aromatic rings. The lowest BCUT2D eigenvalue weighted by Gasteiger charge is -2.04. The second-order valence-electron chi connectivity index (χ2n) is 2.96. The summed E-state index contributed by atoms with van der Waals surface area (Å²) in [4.78, 5) is 8.39. The molecule has 2 rings (SSSR count). The molecule has 0 bridgehead atoms. The lowest BCUT2D eigenvalue weighted by molar-refractivity contribution is 1.05. The summed E-state index contributed by atoms with van der Waals surface area (Å²) < 4.78 is 0.953. The molecule has 0 N–H and O–H groups in total. The van der Waals surface area contributed by atoms with Crippen molar-refractivity contribution in [3.05, 3.63) is 33.8 Å². The van der Waals surface area contributed by atoms with Crippen LogP contribution in [-0.4, -0.2) is 9.97 Å². The number of rotatable bonds is 1. The van der Waals surface area contributed by atoms with E-state index in [4.69, 9.17) is 11.6 Å². The van der Waals surface area contributed by atoms with Gasteiger partial charge in [-0.15, -0.1) is 0 Å². The van der Waals surface area contributed by atoms with Gasteiger partial charge in [0.2, 0.25) is 0 Å². The number of hydrogen-bond acceptors (Lipinski definition) is 2. The molecule has 0 aliphatic rings. The number of hydrogen-bond donors (Lipinski definition) is 0. The van der Waals surface area contributed by atoms with Gasteiger partial charge in [0.15, 0.2) is 0 Å². The number of pyridine rings is 2. The molecule has 72 valence electrons. The molecule has 0 fully saturated rings. The van der Waals surface area contributed by atoms with Crippen LogP contribution in [0.2, 0.25) is 5.15 Å². The van der Waals surface area contributed by atoms with Crippen LogP contribution in [0.4, 0.5) is 0 Å². The zero-order valence-corrected chi connectivity index (χ0v) is 9.93. The minimum atomic E-state index is 0.506. The highest BCUT2D eigenvalue weighted by Gasteiger charge is 2.05. The minimum absolute atomic E-state index is 0.506. The Bertz CT molecular complexity index is 485. The van der Waals surface area contributed by atoms with Gasteiger partial charge in [0.1, 0.15) is 5.15 Å². The molecule has 4 heteroatoms. The van der Waals surface area contributed by atoms with E-state index in [1.807, 2.05) is 6.07 Å². The Morgan fingerprint density at radius 2 is 2.07 bits per heavy atom. The average molecular weight is 272 g/mol. The van der Waals surface area contributed by atoms with Gasteiger partial charge in [-0.2, -0.15) is 0 Å². The second kappa shape index (κ2) is 3.83. The van der Waals surface area contributed by atoms with E-state index in [1.54, 1.807) is 12.4 Å². The van der Waals surface area contributed by atoms with Crippen LogP contribution in [0.5, 0.6) is 0 Å². The van der Waals surface area contributed by atoms with Crippen molar-refractivity contribution in [1.82, 2.24) is 9.97 Å². The topological polar surface area (TPSA) is 25.8 Å². The lowest BCUT2D eigenvalue weighted by atomic mass is 10.1. The highest BCUT2D eigenvalue weighted by atomic mass is 79.9. The van der Waals surface area contributed by atoms with E-state index < -0.39 is 0 Å². The predicted octanol–water partition coefficient (Wildman–Crippen LogP) is 3.61. The SMILES string of the molecule is CCc1ncc(Br)c2cc(Cl)ncc12. The molecule has 2 aromatic heterocycles. The predicted molar refractivity (Wildman–Crippen MR) is 61.6 cm³/mol. The normalized spacial score (nSPS) is 10.8. The summed E-state index contributed by atoms with van der Waals surface area (Å²) in [5.41, 5.74) is 1.05. The van der Waals surface area contributed by atoms with Crippen LogP contribution >= 0.6 is 27.5 Å². The first-order valence-corrected chi connectivity index (χ1v) is 5.48. The van der Waals surface area contributed by atoms with Gasteiger partial charge in [-0.3, -0.25) is 4.98 Å². The van der Waals surface area contributed by atoms with Gasteiger partial charge in [-0.25, -0.2) is 4.98 Å². The number of aryl methyl sites for hydroxylation is 1. The molecule has 0 saturated carbocycles. The summed E-state index contributed by atoms with van der Waals surface area (Å²) in [6.45, 7) is 2.07. The molecule has 0 aliphatic carbocycles. The van der Waals surface area contributed by atoms with E-state index in [0.29, 0.717) is 5.15 Å². The van der Waals surface area contributed by atoms with Crippen molar-refractivity contribution < 1.29 is 0 Å². The van der Waals surface area contributed by atoms with E-state index >= 15 is 0 Å². The van der Waals surface area contributed by atoms with Gasteiger partial charge < -0.3 is 0 Å². The molecule has 0 atom stereocenters. The molecular weight excluding hydrogens is 263 g/mol. The third kappa shape index (κ3) is 1.62. The Balaban J connectivity index is 2.84. The van der Waals surface area contributed by atoms with E-state index in [9.17, 15) is 0 Å². The van der Waals surface area contributed by atoms with E-state index in [2.05, 4.69) is 32.8 Å². The molecule has 0 amide bonds. The molecule has 14 heavy (non-hydrogen) atoms. The van der Waals surface area contributed by atoms with Gasteiger partial charge >= 0.3 is 0 Å². The Morgan fingerprint density at radius 1 is 1.29 bits per heavy atom. The minimum Gasteiger partial charge on any atom is -0.259 e. The van der Waals surface area contributed by atoms with Gasteiger partial charge in [-0.05, 0) is 28.4 Å². The molecule has 2 heterocycles. The lowest BCUT2D eigenvalue weighted by Crippen LogP contribution is -1.90. The van der Waals surface area contributed by atoms with E-state index in [1.165, 1.54) is 0 Å². The Hall–Kier alpha value is -0.670. The summed E-state index contributed by atoms with van der Waals surface area (Å²) >= 11 is 9.28. The monoisotopic (exact) mass is 270 g/mol. The van der Waals surface area contributed by atoms with Crippen molar-refractivity contribution in [1.29, 1.82) is 0 Å². The van der Waals surface area contributed by atoms with Gasteiger partial charge in [-0.1, -0.05) is 18.5 Å². The van der Waals surface area contributed by atoms with Crippen molar-refractivity contribution in [3.63, 3.8) is 0 Å². The number of halogens is 2. The van der Waals surface area contributed by atoms with Crippen molar-refractivity contribution in [2.75, 3.05) is 0 Å². The summed E-state index contributed by atoms with van der Waals surface area (Å²) in [5.74, 6) is 0. The standard InChI is InChI=1S/C10H8BrClN2/c1-2-9-7-4-14-10(12)3-6(7)8(11)5-13-9/h3-5H,2H2,1H3. The fourth-order valence-corrected chi connectivity index (χ4v) is 2.00. The van der Waals surface area contributed by atoms with Crippen LogP contribution in [0.3, 0.4) is 0 Å². The Morgan fingerprint density at radius 3 is 2.79 bits per heavy atom. The van der Waals surface area contributed by atoms with Crippen LogP contribution in [0.15, 0.2) is 22.9 Å². The number of nitrogens with zero attached hydrogens (tertiary/aromatic N) is 2. The second-order valence-corrected chi connectivity index (χ2v) is 4.20. The van der Waals surface area contributed by atoms with Crippen molar-refractivity contribution in [2.45, 2.75) is 13.3 Å². The summed E-state index contributed by atoms with van der Waals surface area (Å²) in [6.07, 6.45) is 4.47. The maximum absolute atomic E-state index is 5.83. The van der Waals surface area contributed by atoms with Crippen LogP contribution < -0.4 is 0 Å². The van der Waals surface area contributed by atoms with E-state index in [-0.39, 0.29) is 0 Å². The highest BCUT2D eigenvalue weighted by Crippen LogP contribution is 2.26. The van der Waals surface area contributed by atoms with Gasteiger partial charge in [0.25, 0.3) is 0 Å². The molecule has 0 spiro atoms. The quantitative estimate of drug-likeness (QED) is 0.741. The molecule has 0 aromatic carbocycles. The fraction of sp³-hybridized carbons (Fsp3) is 0.200.